The van der Waals surface area contributed by atoms with E-state index in [-0.39, 0.29) is 21.9 Å². The minimum atomic E-state index is -4.89. The fourth-order valence-electron chi connectivity index (χ4n) is 6.04. The first-order valence-corrected chi connectivity index (χ1v) is 17.5. The highest BCUT2D eigenvalue weighted by Gasteiger charge is 2.39. The molecular formula is C34H38ClF3N4O2S2. The molecule has 46 heavy (non-hydrogen) atoms. The molecule has 1 amide bonds. The average Bonchev–Trinajstić information content (AvgIpc) is 3.03. The van der Waals surface area contributed by atoms with Crippen LogP contribution in [0.5, 0.6) is 0 Å². The molecule has 3 aromatic rings. The Morgan fingerprint density at radius 1 is 1.00 bits per heavy atom. The van der Waals surface area contributed by atoms with Crippen LogP contribution in [0, 0.1) is 5.41 Å². The van der Waals surface area contributed by atoms with E-state index in [1.54, 1.807) is 18.2 Å². The molecule has 6 nitrogen and oxygen atoms in total. The second kappa shape index (κ2) is 14.4. The highest BCUT2D eigenvalue weighted by molar-refractivity contribution is 7.98. The molecule has 0 radical (unpaired) electrons. The van der Waals surface area contributed by atoms with Gasteiger partial charge >= 0.3 is 5.51 Å². The van der Waals surface area contributed by atoms with Crippen molar-refractivity contribution in [2.24, 2.45) is 5.41 Å². The molecule has 0 spiro atoms. The van der Waals surface area contributed by atoms with Crippen molar-refractivity contribution >= 4 is 57.2 Å². The van der Waals surface area contributed by atoms with E-state index in [4.69, 9.17) is 11.6 Å². The summed E-state index contributed by atoms with van der Waals surface area (Å²) in [4.78, 5) is 17.6. The predicted molar refractivity (Wildman–Crippen MR) is 183 cm³/mol. The zero-order valence-electron chi connectivity index (χ0n) is 26.0. The SMILES string of the molecule is CNc1ccc(SNC(=O)c2ccc(N3CCN(CC4=C(c5ccc(Cl)cc5)CCC(C)(C)C4)CC3)cc2)cc1S(=O)C(F)(F)F. The molecule has 0 saturated carbocycles. The van der Waals surface area contributed by atoms with Crippen LogP contribution in [0.4, 0.5) is 24.5 Å². The molecule has 3 aromatic carbocycles. The van der Waals surface area contributed by atoms with Crippen LogP contribution in [0.15, 0.2) is 82.1 Å². The Labute approximate surface area is 280 Å². The summed E-state index contributed by atoms with van der Waals surface area (Å²) in [5.74, 6) is -0.377. The number of carbonyl (C=O) groups excluding carboxylic acids is 1. The number of carbonyl (C=O) groups is 1. The third-order valence-corrected chi connectivity index (χ3v) is 10.7. The number of alkyl halides is 3. The highest BCUT2D eigenvalue weighted by Crippen LogP contribution is 2.43. The maximum atomic E-state index is 13.1. The first kappa shape index (κ1) is 34.3. The predicted octanol–water partition coefficient (Wildman–Crippen LogP) is 8.23. The Hall–Kier alpha value is -2.99. The van der Waals surface area contributed by atoms with E-state index < -0.39 is 16.3 Å². The lowest BCUT2D eigenvalue weighted by Gasteiger charge is -2.39. The van der Waals surface area contributed by atoms with Gasteiger partial charge in [-0.05, 0) is 102 Å². The van der Waals surface area contributed by atoms with Crippen molar-refractivity contribution < 1.29 is 22.2 Å². The molecular weight excluding hydrogens is 653 g/mol. The van der Waals surface area contributed by atoms with Crippen molar-refractivity contribution in [2.75, 3.05) is 50.0 Å². The smallest absolute Gasteiger partial charge is 0.387 e. The quantitative estimate of drug-likeness (QED) is 0.221. The minimum Gasteiger partial charge on any atom is -0.387 e. The zero-order valence-corrected chi connectivity index (χ0v) is 28.4. The summed E-state index contributed by atoms with van der Waals surface area (Å²) in [6.07, 6.45) is 3.33. The van der Waals surface area contributed by atoms with E-state index in [1.165, 1.54) is 42.3 Å². The molecule has 246 valence electrons. The molecule has 0 aromatic heterocycles. The molecule has 1 fully saturated rings. The standard InChI is InChI=1S/C34H38ClF3N4O2S2/c1-33(2)15-14-29(23-4-8-26(35)9-5-23)25(21-33)22-41-16-18-42(19-17-41)27-10-6-24(7-11-27)32(43)40-45-28-12-13-30(39-3)31(20-28)46(44)34(36,37)38/h4-13,20,39H,14-19,21-22H2,1-3H3,(H,40,43). The van der Waals surface area contributed by atoms with Gasteiger partial charge in [-0.25, -0.2) is 4.21 Å². The molecule has 1 heterocycles. The van der Waals surface area contributed by atoms with Crippen molar-refractivity contribution in [3.8, 4) is 0 Å². The van der Waals surface area contributed by atoms with Crippen LogP contribution >= 0.6 is 23.5 Å². The first-order valence-electron chi connectivity index (χ1n) is 15.1. The number of hydrogen-bond acceptors (Lipinski definition) is 6. The number of rotatable bonds is 9. The topological polar surface area (TPSA) is 64.7 Å². The Kier molecular flexibility index (Phi) is 10.8. The van der Waals surface area contributed by atoms with Gasteiger partial charge in [-0.2, -0.15) is 13.2 Å². The van der Waals surface area contributed by atoms with Crippen LogP contribution in [0.3, 0.4) is 0 Å². The second-order valence-electron chi connectivity index (χ2n) is 12.4. The summed E-state index contributed by atoms with van der Waals surface area (Å²) in [7, 11) is -1.74. The van der Waals surface area contributed by atoms with Gasteiger partial charge in [0, 0.05) is 60.9 Å². The van der Waals surface area contributed by atoms with Crippen LogP contribution in [-0.4, -0.2) is 60.3 Å². The Morgan fingerprint density at radius 3 is 2.30 bits per heavy atom. The third-order valence-electron chi connectivity index (χ3n) is 8.54. The van der Waals surface area contributed by atoms with Crippen LogP contribution in [0.1, 0.15) is 49.0 Å². The van der Waals surface area contributed by atoms with Crippen LogP contribution in [0.25, 0.3) is 5.57 Å². The molecule has 12 heteroatoms. The monoisotopic (exact) mass is 690 g/mol. The van der Waals surface area contributed by atoms with Gasteiger partial charge in [-0.15, -0.1) is 0 Å². The Morgan fingerprint density at radius 2 is 1.67 bits per heavy atom. The summed E-state index contributed by atoms with van der Waals surface area (Å²) in [6, 6.07) is 19.7. The first-order chi connectivity index (χ1) is 21.8. The molecule has 1 saturated heterocycles. The minimum absolute atomic E-state index is 0.112. The van der Waals surface area contributed by atoms with Crippen molar-refractivity contribution in [3.05, 3.63) is 88.5 Å². The molecule has 1 atom stereocenters. The number of piperazine rings is 1. The maximum Gasteiger partial charge on any atom is 0.475 e. The summed E-state index contributed by atoms with van der Waals surface area (Å²) in [6.45, 7) is 9.28. The van der Waals surface area contributed by atoms with E-state index in [0.29, 0.717) is 10.5 Å². The van der Waals surface area contributed by atoms with Gasteiger partial charge in [0.15, 0.2) is 10.8 Å². The molecule has 2 aliphatic rings. The average molecular weight is 691 g/mol. The number of benzene rings is 3. The maximum absolute atomic E-state index is 13.1. The summed E-state index contributed by atoms with van der Waals surface area (Å²) in [5.41, 5.74) is 1.21. The fourth-order valence-corrected chi connectivity index (χ4v) is 7.73. The van der Waals surface area contributed by atoms with Crippen LogP contribution < -0.4 is 14.9 Å². The van der Waals surface area contributed by atoms with Crippen molar-refractivity contribution in [1.29, 1.82) is 0 Å². The largest absolute Gasteiger partial charge is 0.475 e. The number of allylic oxidation sites excluding steroid dienone is 1. The summed E-state index contributed by atoms with van der Waals surface area (Å²) >= 11 is 7.03. The van der Waals surface area contributed by atoms with Crippen molar-refractivity contribution in [3.63, 3.8) is 0 Å². The number of halogens is 4. The van der Waals surface area contributed by atoms with Crippen molar-refractivity contribution in [2.45, 2.75) is 48.4 Å². The van der Waals surface area contributed by atoms with E-state index in [2.05, 4.69) is 45.8 Å². The summed E-state index contributed by atoms with van der Waals surface area (Å²) < 4.78 is 53.9. The molecule has 0 bridgehead atoms. The summed E-state index contributed by atoms with van der Waals surface area (Å²) in [5, 5.41) is 3.38. The number of anilines is 2. The van der Waals surface area contributed by atoms with E-state index >= 15 is 0 Å². The molecule has 5 rings (SSSR count). The van der Waals surface area contributed by atoms with Crippen molar-refractivity contribution in [1.82, 2.24) is 9.62 Å². The Balaban J connectivity index is 1.17. The lowest BCUT2D eigenvalue weighted by Crippen LogP contribution is -2.47. The molecule has 2 N–H and O–H groups in total. The number of amides is 1. The van der Waals surface area contributed by atoms with E-state index in [9.17, 15) is 22.2 Å². The van der Waals surface area contributed by atoms with Gasteiger partial charge in [0.05, 0.1) is 10.6 Å². The van der Waals surface area contributed by atoms with Gasteiger partial charge in [0.1, 0.15) is 0 Å². The van der Waals surface area contributed by atoms with Gasteiger partial charge in [-0.1, -0.05) is 43.2 Å². The highest BCUT2D eigenvalue weighted by atomic mass is 35.5. The third kappa shape index (κ3) is 8.48. The van der Waals surface area contributed by atoms with Gasteiger partial charge in [0.25, 0.3) is 5.91 Å². The van der Waals surface area contributed by atoms with Gasteiger partial charge < -0.3 is 10.2 Å². The number of nitrogens with one attached hydrogen (secondary N) is 2. The van der Waals surface area contributed by atoms with Gasteiger partial charge in [0.2, 0.25) is 0 Å². The molecule has 1 unspecified atom stereocenters. The van der Waals surface area contributed by atoms with Crippen LogP contribution in [-0.2, 0) is 10.8 Å². The Bertz CT molecular complexity index is 1600. The fraction of sp³-hybridized carbons (Fsp3) is 0.382. The lowest BCUT2D eigenvalue weighted by molar-refractivity contribution is -0.0384. The number of nitrogens with zero attached hydrogens (tertiary/aromatic N) is 2. The van der Waals surface area contributed by atoms with Gasteiger partial charge in [-0.3, -0.25) is 14.4 Å². The van der Waals surface area contributed by atoms with E-state index in [1.807, 2.05) is 24.3 Å². The van der Waals surface area contributed by atoms with Crippen LogP contribution in [0.2, 0.25) is 5.02 Å². The molecule has 1 aliphatic heterocycles. The lowest BCUT2D eigenvalue weighted by atomic mass is 9.73. The zero-order chi connectivity index (χ0) is 33.1. The second-order valence-corrected chi connectivity index (χ2v) is 15.2. The normalized spacial score (nSPS) is 17.9. The molecule has 1 aliphatic carbocycles. The van der Waals surface area contributed by atoms with E-state index in [0.717, 1.165) is 68.2 Å². The number of hydrogen-bond donors (Lipinski definition) is 2.